The maximum atomic E-state index is 11.2. The lowest BCUT2D eigenvalue weighted by Crippen LogP contribution is -2.35. The number of hydrogen-bond acceptors (Lipinski definition) is 3. The second-order valence-corrected chi connectivity index (χ2v) is 5.34. The fourth-order valence-corrected chi connectivity index (χ4v) is 2.85. The maximum absolute atomic E-state index is 11.2. The summed E-state index contributed by atoms with van der Waals surface area (Å²) < 4.78 is 0. The van der Waals surface area contributed by atoms with E-state index in [0.29, 0.717) is 11.8 Å². The number of halogens is 1. The van der Waals surface area contributed by atoms with Gasteiger partial charge in [-0.15, -0.1) is 11.6 Å². The van der Waals surface area contributed by atoms with E-state index in [1.165, 1.54) is 6.42 Å². The molecule has 0 aliphatic carbocycles. The van der Waals surface area contributed by atoms with E-state index in [1.807, 2.05) is 12.1 Å². The molecule has 0 spiro atoms. The van der Waals surface area contributed by atoms with Gasteiger partial charge in [-0.05, 0) is 30.4 Å². The van der Waals surface area contributed by atoms with Gasteiger partial charge in [-0.3, -0.25) is 10.1 Å². The van der Waals surface area contributed by atoms with Crippen molar-refractivity contribution >= 4 is 23.0 Å². The van der Waals surface area contributed by atoms with Crippen LogP contribution in [0.4, 0.5) is 11.4 Å². The van der Waals surface area contributed by atoms with E-state index in [2.05, 4.69) is 11.8 Å². The molecule has 1 aromatic carbocycles. The molecule has 19 heavy (non-hydrogen) atoms. The summed E-state index contributed by atoms with van der Waals surface area (Å²) in [6.07, 6.45) is 3.46. The highest BCUT2D eigenvalue weighted by molar-refractivity contribution is 6.17. The average Bonchev–Trinajstić information content (AvgIpc) is 2.46. The Morgan fingerprint density at radius 2 is 2.32 bits per heavy atom. The first kappa shape index (κ1) is 14.1. The molecular formula is C14H19ClN2O2. The summed E-state index contributed by atoms with van der Waals surface area (Å²) in [5, 5.41) is 11.2. The van der Waals surface area contributed by atoms with E-state index in [4.69, 9.17) is 11.6 Å². The van der Waals surface area contributed by atoms with Gasteiger partial charge in [0.2, 0.25) is 0 Å². The van der Waals surface area contributed by atoms with Crippen molar-refractivity contribution in [2.24, 2.45) is 5.92 Å². The number of nitrogens with zero attached hydrogens (tertiary/aromatic N) is 2. The minimum Gasteiger partial charge on any atom is -0.366 e. The number of nitro benzene ring substituents is 1. The molecule has 0 aromatic heterocycles. The van der Waals surface area contributed by atoms with Crippen LogP contribution in [0.5, 0.6) is 0 Å². The Hall–Kier alpha value is -1.29. The van der Waals surface area contributed by atoms with Crippen molar-refractivity contribution in [3.8, 4) is 0 Å². The molecule has 1 atom stereocenters. The molecule has 2 rings (SSSR count). The van der Waals surface area contributed by atoms with Gasteiger partial charge in [-0.25, -0.2) is 0 Å². The fraction of sp³-hybridized carbons (Fsp3) is 0.571. The molecule has 1 aliphatic heterocycles. The van der Waals surface area contributed by atoms with Crippen molar-refractivity contribution in [3.05, 3.63) is 33.9 Å². The number of nitro groups is 1. The third-order valence-corrected chi connectivity index (χ3v) is 4.14. The first-order valence-electron chi connectivity index (χ1n) is 6.74. The Bertz CT molecular complexity index is 465. The van der Waals surface area contributed by atoms with Gasteiger partial charge in [0.1, 0.15) is 5.69 Å². The summed E-state index contributed by atoms with van der Waals surface area (Å²) in [7, 11) is 0. The lowest BCUT2D eigenvalue weighted by molar-refractivity contribution is -0.384. The molecule has 1 saturated heterocycles. The number of piperidine rings is 1. The summed E-state index contributed by atoms with van der Waals surface area (Å²) in [6, 6.07) is 5.32. The highest BCUT2D eigenvalue weighted by atomic mass is 35.5. The van der Waals surface area contributed by atoms with Crippen LogP contribution < -0.4 is 4.90 Å². The number of anilines is 1. The quantitative estimate of drug-likeness (QED) is 0.477. The minimum atomic E-state index is -0.305. The molecule has 104 valence electrons. The third kappa shape index (κ3) is 3.18. The van der Waals surface area contributed by atoms with Gasteiger partial charge < -0.3 is 4.90 Å². The molecule has 1 aromatic rings. The first-order chi connectivity index (χ1) is 9.15. The largest absolute Gasteiger partial charge is 0.366 e. The highest BCUT2D eigenvalue weighted by Gasteiger charge is 2.24. The Morgan fingerprint density at radius 3 is 2.95 bits per heavy atom. The molecule has 0 radical (unpaired) electrons. The molecular weight excluding hydrogens is 264 g/mol. The van der Waals surface area contributed by atoms with E-state index in [0.717, 1.165) is 37.2 Å². The molecule has 0 saturated carbocycles. The SMILES string of the molecule is CCC1CCCN(c2ccc(CCl)cc2[N+](=O)[O-])C1. The molecule has 0 N–H and O–H groups in total. The second-order valence-electron chi connectivity index (χ2n) is 5.08. The summed E-state index contributed by atoms with van der Waals surface area (Å²) in [4.78, 5) is 13.1. The lowest BCUT2D eigenvalue weighted by atomic mass is 9.95. The molecule has 1 fully saturated rings. The predicted octanol–water partition coefficient (Wildman–Crippen LogP) is 3.96. The van der Waals surface area contributed by atoms with Gasteiger partial charge >= 0.3 is 0 Å². The van der Waals surface area contributed by atoms with Crippen LogP contribution in [0.1, 0.15) is 31.7 Å². The summed E-state index contributed by atoms with van der Waals surface area (Å²) in [5.74, 6) is 0.944. The van der Waals surface area contributed by atoms with Crippen LogP contribution >= 0.6 is 11.6 Å². The van der Waals surface area contributed by atoms with Gasteiger partial charge in [0.05, 0.1) is 4.92 Å². The van der Waals surface area contributed by atoms with Crippen LogP contribution in [0.15, 0.2) is 18.2 Å². The minimum absolute atomic E-state index is 0.176. The summed E-state index contributed by atoms with van der Waals surface area (Å²) in [5.41, 5.74) is 1.70. The zero-order chi connectivity index (χ0) is 13.8. The van der Waals surface area contributed by atoms with Crippen molar-refractivity contribution in [1.82, 2.24) is 0 Å². The third-order valence-electron chi connectivity index (χ3n) is 3.83. The van der Waals surface area contributed by atoms with Gasteiger partial charge in [-0.2, -0.15) is 0 Å². The topological polar surface area (TPSA) is 46.4 Å². The van der Waals surface area contributed by atoms with Crippen molar-refractivity contribution in [2.45, 2.75) is 32.1 Å². The predicted molar refractivity (Wildman–Crippen MR) is 77.9 cm³/mol. The van der Waals surface area contributed by atoms with Gasteiger partial charge in [0, 0.05) is 25.0 Å². The molecule has 1 unspecified atom stereocenters. The average molecular weight is 283 g/mol. The van der Waals surface area contributed by atoms with Crippen LogP contribution in [0.3, 0.4) is 0 Å². The van der Waals surface area contributed by atoms with Crippen LogP contribution in [-0.4, -0.2) is 18.0 Å². The zero-order valence-electron chi connectivity index (χ0n) is 11.1. The van der Waals surface area contributed by atoms with E-state index in [-0.39, 0.29) is 10.6 Å². The van der Waals surface area contributed by atoms with E-state index >= 15 is 0 Å². The van der Waals surface area contributed by atoms with Crippen LogP contribution in [0.25, 0.3) is 0 Å². The molecule has 0 amide bonds. The number of alkyl halides is 1. The van der Waals surface area contributed by atoms with Gasteiger partial charge in [0.15, 0.2) is 0 Å². The molecule has 5 heteroatoms. The van der Waals surface area contributed by atoms with Crippen LogP contribution in [-0.2, 0) is 5.88 Å². The van der Waals surface area contributed by atoms with Crippen molar-refractivity contribution in [1.29, 1.82) is 0 Å². The second kappa shape index (κ2) is 6.24. The molecule has 0 bridgehead atoms. The summed E-state index contributed by atoms with van der Waals surface area (Å²) in [6.45, 7) is 3.99. The van der Waals surface area contributed by atoms with E-state index < -0.39 is 0 Å². The van der Waals surface area contributed by atoms with Crippen LogP contribution in [0, 0.1) is 16.0 Å². The zero-order valence-corrected chi connectivity index (χ0v) is 11.9. The Labute approximate surface area is 118 Å². The molecule has 1 heterocycles. The molecule has 1 aliphatic rings. The normalized spacial score (nSPS) is 19.5. The Kier molecular flexibility index (Phi) is 4.64. The Morgan fingerprint density at radius 1 is 1.53 bits per heavy atom. The highest BCUT2D eigenvalue weighted by Crippen LogP contribution is 2.33. The number of hydrogen-bond donors (Lipinski definition) is 0. The lowest BCUT2D eigenvalue weighted by Gasteiger charge is -2.33. The molecule has 4 nitrogen and oxygen atoms in total. The first-order valence-corrected chi connectivity index (χ1v) is 7.27. The van der Waals surface area contributed by atoms with E-state index in [9.17, 15) is 10.1 Å². The standard InChI is InChI=1S/C14H19ClN2O2/c1-2-11-4-3-7-16(10-11)13-6-5-12(9-15)8-14(13)17(18)19/h5-6,8,11H,2-4,7,9-10H2,1H3. The maximum Gasteiger partial charge on any atom is 0.292 e. The Balaban J connectivity index is 2.30. The van der Waals surface area contributed by atoms with E-state index in [1.54, 1.807) is 6.07 Å². The monoisotopic (exact) mass is 282 g/mol. The number of rotatable bonds is 4. The van der Waals surface area contributed by atoms with Crippen molar-refractivity contribution in [2.75, 3.05) is 18.0 Å². The summed E-state index contributed by atoms with van der Waals surface area (Å²) >= 11 is 5.75. The fourth-order valence-electron chi connectivity index (χ4n) is 2.68. The van der Waals surface area contributed by atoms with Gasteiger partial charge in [0.25, 0.3) is 5.69 Å². The smallest absolute Gasteiger partial charge is 0.292 e. The van der Waals surface area contributed by atoms with Crippen molar-refractivity contribution in [3.63, 3.8) is 0 Å². The van der Waals surface area contributed by atoms with Gasteiger partial charge in [-0.1, -0.05) is 19.4 Å². The van der Waals surface area contributed by atoms with Crippen molar-refractivity contribution < 1.29 is 4.92 Å². The van der Waals surface area contributed by atoms with Crippen LogP contribution in [0.2, 0.25) is 0 Å². The number of benzene rings is 1.